The molecule has 0 aliphatic carbocycles. The third-order valence-electron chi connectivity index (χ3n) is 4.81. The molecule has 7 nitrogen and oxygen atoms in total. The Morgan fingerprint density at radius 3 is 2.18 bits per heavy atom. The Labute approximate surface area is 196 Å². The van der Waals surface area contributed by atoms with E-state index in [-0.39, 0.29) is 28.0 Å². The Hall–Kier alpha value is -3.47. The minimum atomic E-state index is -5.09. The first-order chi connectivity index (χ1) is 15.7. The molecule has 1 atom stereocenters. The maximum atomic E-state index is 13.2. The molecule has 0 bridgehead atoms. The zero-order chi connectivity index (χ0) is 25.4. The molecule has 0 saturated carbocycles. The van der Waals surface area contributed by atoms with E-state index < -0.39 is 41.0 Å². The Bertz CT molecular complexity index is 1230. The van der Waals surface area contributed by atoms with Crippen LogP contribution in [0.4, 0.5) is 26.3 Å². The van der Waals surface area contributed by atoms with Gasteiger partial charge in [0.15, 0.2) is 11.6 Å². The van der Waals surface area contributed by atoms with E-state index in [0.29, 0.717) is 12.1 Å². The van der Waals surface area contributed by atoms with Crippen molar-refractivity contribution in [2.75, 3.05) is 7.05 Å². The van der Waals surface area contributed by atoms with Crippen molar-refractivity contribution in [3.05, 3.63) is 69.3 Å². The number of carbonyl (C=O) groups is 1. The van der Waals surface area contributed by atoms with Crippen LogP contribution in [0.2, 0.25) is 0 Å². The fourth-order valence-corrected chi connectivity index (χ4v) is 3.29. The second kappa shape index (κ2) is 9.05. The number of hydrogen-bond donors (Lipinski definition) is 0. The first-order valence-electron chi connectivity index (χ1n) is 9.28. The van der Waals surface area contributed by atoms with Crippen molar-refractivity contribution in [1.29, 1.82) is 5.26 Å². The monoisotopic (exact) mass is 546 g/mol. The molecular weight excluding hydrogens is 534 g/mol. The highest BCUT2D eigenvalue weighted by Crippen LogP contribution is 2.37. The van der Waals surface area contributed by atoms with Gasteiger partial charge in [-0.1, -0.05) is 0 Å². The molecule has 3 rings (SSSR count). The fraction of sp³-hybridized carbons (Fsp3) is 0.250. The van der Waals surface area contributed by atoms with Crippen LogP contribution >= 0.6 is 15.9 Å². The molecule has 0 aliphatic heterocycles. The van der Waals surface area contributed by atoms with Crippen molar-refractivity contribution < 1.29 is 31.1 Å². The zero-order valence-corrected chi connectivity index (χ0v) is 18.9. The van der Waals surface area contributed by atoms with Crippen LogP contribution < -0.4 is 0 Å². The molecule has 2 heterocycles. The van der Waals surface area contributed by atoms with Crippen LogP contribution in [0.25, 0.3) is 5.82 Å². The maximum absolute atomic E-state index is 13.2. The summed E-state index contributed by atoms with van der Waals surface area (Å²) in [5.41, 5.74) is -3.72. The summed E-state index contributed by atoms with van der Waals surface area (Å²) >= 11 is 3.09. The lowest BCUT2D eigenvalue weighted by Crippen LogP contribution is -2.32. The van der Waals surface area contributed by atoms with E-state index in [4.69, 9.17) is 5.26 Å². The molecular formula is C20H13BrF6N6O. The van der Waals surface area contributed by atoms with E-state index in [2.05, 4.69) is 31.0 Å². The number of aromatic nitrogens is 4. The minimum Gasteiger partial charge on any atom is -0.332 e. The van der Waals surface area contributed by atoms with E-state index in [1.165, 1.54) is 37.0 Å². The molecule has 1 unspecified atom stereocenters. The van der Waals surface area contributed by atoms with E-state index in [9.17, 15) is 31.1 Å². The molecule has 3 aromatic rings. The summed E-state index contributed by atoms with van der Waals surface area (Å²) in [4.78, 5) is 22.1. The maximum Gasteiger partial charge on any atom is 0.416 e. The molecule has 34 heavy (non-hydrogen) atoms. The van der Waals surface area contributed by atoms with Gasteiger partial charge in [-0.2, -0.15) is 36.3 Å². The number of rotatable bonds is 4. The van der Waals surface area contributed by atoms with Gasteiger partial charge >= 0.3 is 12.4 Å². The van der Waals surface area contributed by atoms with Crippen molar-refractivity contribution in [2.45, 2.75) is 25.3 Å². The predicted molar refractivity (Wildman–Crippen MR) is 109 cm³/mol. The number of carbonyl (C=O) groups excluding carboxylic acids is 1. The summed E-state index contributed by atoms with van der Waals surface area (Å²) in [6.07, 6.45) is -8.91. The summed E-state index contributed by atoms with van der Waals surface area (Å²) in [6, 6.07) is 4.55. The third kappa shape index (κ3) is 5.19. The largest absolute Gasteiger partial charge is 0.416 e. The minimum absolute atomic E-state index is 0.0511. The lowest BCUT2D eigenvalue weighted by molar-refractivity contribution is -0.143. The second-order valence-corrected chi connectivity index (χ2v) is 7.76. The average molecular weight is 547 g/mol. The molecule has 0 N–H and O–H groups in total. The molecule has 0 spiro atoms. The van der Waals surface area contributed by atoms with Crippen LogP contribution in [0.1, 0.15) is 45.8 Å². The van der Waals surface area contributed by atoms with E-state index in [1.54, 1.807) is 0 Å². The van der Waals surface area contributed by atoms with Crippen LogP contribution in [0.3, 0.4) is 0 Å². The highest BCUT2D eigenvalue weighted by Gasteiger charge is 2.38. The average Bonchev–Trinajstić information content (AvgIpc) is 3.17. The van der Waals surface area contributed by atoms with Gasteiger partial charge in [0.05, 0.1) is 22.7 Å². The van der Waals surface area contributed by atoms with Crippen LogP contribution in [0.15, 0.2) is 41.3 Å². The highest BCUT2D eigenvalue weighted by molar-refractivity contribution is 9.10. The summed E-state index contributed by atoms with van der Waals surface area (Å²) in [5.74, 6) is -0.760. The van der Waals surface area contributed by atoms with Gasteiger partial charge in [0.1, 0.15) is 6.07 Å². The SMILES string of the molecule is CC(c1nc(Br)nn1-c1ccc(C#N)cn1)N(C)C(=O)c1cc(C(F)(F)F)cc(C(F)(F)F)c1. The summed E-state index contributed by atoms with van der Waals surface area (Å²) in [6.45, 7) is 1.47. The van der Waals surface area contributed by atoms with E-state index in [0.717, 1.165) is 4.90 Å². The fourth-order valence-electron chi connectivity index (χ4n) is 2.95. The molecule has 0 radical (unpaired) electrons. The molecule has 178 valence electrons. The van der Waals surface area contributed by atoms with Crippen LogP contribution in [0.5, 0.6) is 0 Å². The number of benzene rings is 1. The summed E-state index contributed by atoms with van der Waals surface area (Å²) in [7, 11) is 1.21. The number of alkyl halides is 6. The Balaban J connectivity index is 2.01. The quantitative estimate of drug-likeness (QED) is 0.421. The number of hydrogen-bond acceptors (Lipinski definition) is 5. The van der Waals surface area contributed by atoms with Gasteiger partial charge in [0.2, 0.25) is 4.73 Å². The first kappa shape index (κ1) is 25.2. The van der Waals surface area contributed by atoms with E-state index >= 15 is 0 Å². The van der Waals surface area contributed by atoms with Crippen molar-refractivity contribution in [3.8, 4) is 11.9 Å². The summed E-state index contributed by atoms with van der Waals surface area (Å²) in [5, 5.41) is 13.0. The van der Waals surface area contributed by atoms with Crippen molar-refractivity contribution in [2.24, 2.45) is 0 Å². The third-order valence-corrected chi connectivity index (χ3v) is 5.15. The van der Waals surface area contributed by atoms with Crippen molar-refractivity contribution >= 4 is 21.8 Å². The summed E-state index contributed by atoms with van der Waals surface area (Å²) < 4.78 is 80.4. The topological polar surface area (TPSA) is 87.7 Å². The molecule has 2 aromatic heterocycles. The molecule has 14 heteroatoms. The number of pyridine rings is 1. The predicted octanol–water partition coefficient (Wildman–Crippen LogP) is 5.17. The lowest BCUT2D eigenvalue weighted by Gasteiger charge is -2.25. The van der Waals surface area contributed by atoms with Crippen molar-refractivity contribution in [1.82, 2.24) is 24.6 Å². The van der Waals surface area contributed by atoms with Crippen LogP contribution in [-0.2, 0) is 12.4 Å². The lowest BCUT2D eigenvalue weighted by atomic mass is 10.0. The second-order valence-electron chi connectivity index (χ2n) is 7.05. The zero-order valence-electron chi connectivity index (χ0n) is 17.3. The number of halogens is 7. The van der Waals surface area contributed by atoms with Crippen molar-refractivity contribution in [3.63, 3.8) is 0 Å². The van der Waals surface area contributed by atoms with Crippen LogP contribution in [-0.4, -0.2) is 37.6 Å². The number of nitrogens with zero attached hydrogens (tertiary/aromatic N) is 6. The van der Waals surface area contributed by atoms with Gasteiger partial charge in [-0.3, -0.25) is 4.79 Å². The molecule has 0 aliphatic rings. The van der Waals surface area contributed by atoms with Gasteiger partial charge in [-0.05, 0) is 53.2 Å². The van der Waals surface area contributed by atoms with Gasteiger partial charge in [0.25, 0.3) is 5.91 Å². The van der Waals surface area contributed by atoms with Gasteiger partial charge in [0, 0.05) is 18.8 Å². The Morgan fingerprint density at radius 1 is 1.12 bits per heavy atom. The first-order valence-corrected chi connectivity index (χ1v) is 10.1. The van der Waals surface area contributed by atoms with E-state index in [1.807, 2.05) is 6.07 Å². The highest BCUT2D eigenvalue weighted by atomic mass is 79.9. The van der Waals surface area contributed by atoms with Crippen LogP contribution in [0, 0.1) is 11.3 Å². The van der Waals surface area contributed by atoms with Gasteiger partial charge < -0.3 is 4.90 Å². The molecule has 1 amide bonds. The smallest absolute Gasteiger partial charge is 0.332 e. The number of amides is 1. The standard InChI is InChI=1S/C20H13BrF6N6O/c1-10(16-30-18(21)31-33(16)15-4-3-11(8-28)9-29-15)32(2)17(34)12-5-13(19(22,23)24)7-14(6-12)20(25,26)27/h3-7,9-10H,1-2H3. The Morgan fingerprint density at radius 2 is 1.71 bits per heavy atom. The normalized spacial score (nSPS) is 12.8. The molecule has 0 fully saturated rings. The number of nitriles is 1. The van der Waals surface area contributed by atoms with Gasteiger partial charge in [-0.25, -0.2) is 9.97 Å². The Kier molecular flexibility index (Phi) is 6.70. The molecule has 1 aromatic carbocycles. The van der Waals surface area contributed by atoms with Gasteiger partial charge in [-0.15, -0.1) is 5.10 Å². The molecule has 0 saturated heterocycles.